The van der Waals surface area contributed by atoms with Crippen LogP contribution in [0.2, 0.25) is 0 Å². The summed E-state index contributed by atoms with van der Waals surface area (Å²) in [6.45, 7) is 6.63. The zero-order valence-corrected chi connectivity index (χ0v) is 10.5. The molecule has 0 aromatic carbocycles. The molecule has 0 rings (SSSR count). The summed E-state index contributed by atoms with van der Waals surface area (Å²) in [4.78, 5) is 21.9. The number of hydrogen-bond acceptors (Lipinski definition) is 4. The molecule has 92 valence electrons. The van der Waals surface area contributed by atoms with Crippen LogP contribution in [-0.2, 0) is 19.1 Å². The summed E-state index contributed by atoms with van der Waals surface area (Å²) in [6, 6.07) is 0. The minimum Gasteiger partial charge on any atom is -0.428 e. The van der Waals surface area contributed by atoms with E-state index in [4.69, 9.17) is 9.47 Å². The highest BCUT2D eigenvalue weighted by molar-refractivity contribution is 5.69. The van der Waals surface area contributed by atoms with E-state index in [2.05, 4.69) is 0 Å². The highest BCUT2D eigenvalue weighted by Gasteiger charge is 2.13. The van der Waals surface area contributed by atoms with Crippen LogP contribution in [0.5, 0.6) is 0 Å². The Hall–Kier alpha value is -1.32. The molecule has 0 spiro atoms. The van der Waals surface area contributed by atoms with Gasteiger partial charge in [-0.05, 0) is 12.8 Å². The molecular weight excluding hydrogens is 208 g/mol. The van der Waals surface area contributed by atoms with Crippen LogP contribution in [-0.4, -0.2) is 11.9 Å². The maximum atomic E-state index is 10.9. The minimum absolute atomic E-state index is 0.385. The van der Waals surface area contributed by atoms with Crippen molar-refractivity contribution in [2.75, 3.05) is 0 Å². The van der Waals surface area contributed by atoms with Gasteiger partial charge in [-0.1, -0.05) is 13.8 Å². The van der Waals surface area contributed by atoms with Gasteiger partial charge in [-0.15, -0.1) is 0 Å². The van der Waals surface area contributed by atoms with Gasteiger partial charge in [0.25, 0.3) is 0 Å². The van der Waals surface area contributed by atoms with Crippen LogP contribution in [0.1, 0.15) is 53.4 Å². The molecule has 0 unspecified atom stereocenters. The zero-order chi connectivity index (χ0) is 12.6. The van der Waals surface area contributed by atoms with Crippen molar-refractivity contribution in [3.8, 4) is 0 Å². The monoisotopic (exact) mass is 228 g/mol. The molecule has 16 heavy (non-hydrogen) atoms. The van der Waals surface area contributed by atoms with E-state index in [-0.39, 0.29) is 11.9 Å². The molecule has 0 atom stereocenters. The lowest BCUT2D eigenvalue weighted by Crippen LogP contribution is -2.07. The molecule has 0 N–H and O–H groups in total. The van der Waals surface area contributed by atoms with E-state index < -0.39 is 0 Å². The number of hydrogen-bond donors (Lipinski definition) is 0. The van der Waals surface area contributed by atoms with Crippen molar-refractivity contribution >= 4 is 11.9 Å². The summed E-state index contributed by atoms with van der Waals surface area (Å²) in [5.41, 5.74) is 0. The summed E-state index contributed by atoms with van der Waals surface area (Å²) in [5, 5.41) is 0. The van der Waals surface area contributed by atoms with Gasteiger partial charge in [-0.25, -0.2) is 0 Å². The fraction of sp³-hybridized carbons (Fsp3) is 0.667. The lowest BCUT2D eigenvalue weighted by molar-refractivity contribution is -0.141. The van der Waals surface area contributed by atoms with E-state index >= 15 is 0 Å². The third-order valence-electron chi connectivity index (χ3n) is 1.80. The van der Waals surface area contributed by atoms with Crippen molar-refractivity contribution in [3.05, 3.63) is 11.5 Å². The Labute approximate surface area is 96.6 Å². The van der Waals surface area contributed by atoms with Gasteiger partial charge in [-0.3, -0.25) is 9.59 Å². The van der Waals surface area contributed by atoms with Gasteiger partial charge in [0.05, 0.1) is 0 Å². The van der Waals surface area contributed by atoms with Gasteiger partial charge >= 0.3 is 11.9 Å². The number of allylic oxidation sites excluding steroid dienone is 2. The van der Waals surface area contributed by atoms with Crippen molar-refractivity contribution in [3.63, 3.8) is 0 Å². The van der Waals surface area contributed by atoms with Gasteiger partial charge in [0.15, 0.2) is 0 Å². The number of rotatable bonds is 6. The highest BCUT2D eigenvalue weighted by Crippen LogP contribution is 2.19. The Kier molecular flexibility index (Phi) is 7.25. The number of esters is 2. The first kappa shape index (κ1) is 14.7. The predicted molar refractivity (Wildman–Crippen MR) is 60.4 cm³/mol. The average molecular weight is 228 g/mol. The second-order valence-corrected chi connectivity index (χ2v) is 3.53. The van der Waals surface area contributed by atoms with E-state index in [0.29, 0.717) is 24.4 Å². The third-order valence-corrected chi connectivity index (χ3v) is 1.80. The summed E-state index contributed by atoms with van der Waals surface area (Å²) in [6.07, 6.45) is 2.86. The number of ether oxygens (including phenoxy) is 2. The van der Waals surface area contributed by atoms with Gasteiger partial charge in [-0.2, -0.15) is 0 Å². The normalized spacial score (nSPS) is 11.8. The van der Waals surface area contributed by atoms with Crippen LogP contribution in [0.4, 0.5) is 0 Å². The molecular formula is C12H20O4. The fourth-order valence-electron chi connectivity index (χ4n) is 1.30. The molecule has 0 radical (unpaired) electrons. The van der Waals surface area contributed by atoms with Crippen molar-refractivity contribution in [2.45, 2.75) is 53.4 Å². The SMILES string of the molecule is CCC/C(OC(C)=O)=C(/CCC)OC(C)=O. The molecule has 4 nitrogen and oxygen atoms in total. The molecule has 0 aliphatic heterocycles. The van der Waals surface area contributed by atoms with Crippen molar-refractivity contribution in [2.24, 2.45) is 0 Å². The minimum atomic E-state index is -0.385. The Morgan fingerprint density at radius 2 is 1.12 bits per heavy atom. The summed E-state index contributed by atoms with van der Waals surface area (Å²) >= 11 is 0. The maximum absolute atomic E-state index is 10.9. The molecule has 0 aliphatic rings. The van der Waals surface area contributed by atoms with Gasteiger partial charge in [0.1, 0.15) is 11.5 Å². The van der Waals surface area contributed by atoms with E-state index in [0.717, 1.165) is 12.8 Å². The predicted octanol–water partition coefficient (Wildman–Crippen LogP) is 2.92. The van der Waals surface area contributed by atoms with Crippen molar-refractivity contribution in [1.82, 2.24) is 0 Å². The molecule has 0 saturated carbocycles. The third kappa shape index (κ3) is 6.22. The molecule has 4 heteroatoms. The molecule has 0 aromatic rings. The van der Waals surface area contributed by atoms with Gasteiger partial charge in [0, 0.05) is 26.7 Å². The zero-order valence-electron chi connectivity index (χ0n) is 10.5. The standard InChI is InChI=1S/C12H20O4/c1-5-7-11(15-9(3)13)12(8-6-2)16-10(4)14/h5-8H2,1-4H3/b12-11+. The lowest BCUT2D eigenvalue weighted by atomic mass is 10.2. The van der Waals surface area contributed by atoms with E-state index in [9.17, 15) is 9.59 Å². The Balaban J connectivity index is 4.90. The van der Waals surface area contributed by atoms with Crippen LogP contribution in [0.3, 0.4) is 0 Å². The highest BCUT2D eigenvalue weighted by atomic mass is 16.6. The van der Waals surface area contributed by atoms with E-state index in [1.54, 1.807) is 0 Å². The van der Waals surface area contributed by atoms with E-state index in [1.807, 2.05) is 13.8 Å². The quantitative estimate of drug-likeness (QED) is 0.518. The van der Waals surface area contributed by atoms with Gasteiger partial charge in [0.2, 0.25) is 0 Å². The Morgan fingerprint density at radius 3 is 1.31 bits per heavy atom. The molecule has 0 aliphatic carbocycles. The Morgan fingerprint density at radius 1 is 0.812 bits per heavy atom. The second-order valence-electron chi connectivity index (χ2n) is 3.53. The van der Waals surface area contributed by atoms with E-state index in [1.165, 1.54) is 13.8 Å². The van der Waals surface area contributed by atoms with Crippen LogP contribution >= 0.6 is 0 Å². The smallest absolute Gasteiger partial charge is 0.307 e. The first-order valence-corrected chi connectivity index (χ1v) is 5.60. The topological polar surface area (TPSA) is 52.6 Å². The molecule has 0 heterocycles. The maximum Gasteiger partial charge on any atom is 0.307 e. The summed E-state index contributed by atoms with van der Waals surface area (Å²) < 4.78 is 10.1. The summed E-state index contributed by atoms with van der Waals surface area (Å²) in [7, 11) is 0. The van der Waals surface area contributed by atoms with Crippen LogP contribution < -0.4 is 0 Å². The average Bonchev–Trinajstić information content (AvgIpc) is 2.15. The molecule has 0 fully saturated rings. The van der Waals surface area contributed by atoms with Crippen LogP contribution in [0, 0.1) is 0 Å². The first-order chi connectivity index (χ1) is 7.51. The van der Waals surface area contributed by atoms with Crippen molar-refractivity contribution in [1.29, 1.82) is 0 Å². The lowest BCUT2D eigenvalue weighted by Gasteiger charge is -2.12. The Bertz CT molecular complexity index is 251. The number of carbonyl (C=O) groups excluding carboxylic acids is 2. The number of carbonyl (C=O) groups is 2. The summed E-state index contributed by atoms with van der Waals surface area (Å²) in [5.74, 6) is 0.188. The van der Waals surface area contributed by atoms with Crippen LogP contribution in [0.25, 0.3) is 0 Å². The fourth-order valence-corrected chi connectivity index (χ4v) is 1.30. The second kappa shape index (κ2) is 7.91. The van der Waals surface area contributed by atoms with Crippen LogP contribution in [0.15, 0.2) is 11.5 Å². The first-order valence-electron chi connectivity index (χ1n) is 5.60. The molecule has 0 saturated heterocycles. The largest absolute Gasteiger partial charge is 0.428 e. The van der Waals surface area contributed by atoms with Gasteiger partial charge < -0.3 is 9.47 Å². The molecule has 0 amide bonds. The molecule has 0 bridgehead atoms. The van der Waals surface area contributed by atoms with Crippen molar-refractivity contribution < 1.29 is 19.1 Å². The molecule has 0 aromatic heterocycles.